The van der Waals surface area contributed by atoms with Crippen LogP contribution in [0.4, 0.5) is 0 Å². The highest BCUT2D eigenvalue weighted by molar-refractivity contribution is 5.82. The van der Waals surface area contributed by atoms with Gasteiger partial charge in [0.2, 0.25) is 0 Å². The number of likely N-dealkylation sites (tertiary alicyclic amines) is 1. The van der Waals surface area contributed by atoms with E-state index < -0.39 is 0 Å². The van der Waals surface area contributed by atoms with Gasteiger partial charge < -0.3 is 4.90 Å². The number of aromatic nitrogens is 2. The maximum absolute atomic E-state index is 13.8. The minimum atomic E-state index is 0.128. The predicted octanol–water partition coefficient (Wildman–Crippen LogP) is 5.55. The second-order valence-electron chi connectivity index (χ2n) is 13.4. The summed E-state index contributed by atoms with van der Waals surface area (Å²) in [6.07, 6.45) is 15.3. The lowest BCUT2D eigenvalue weighted by Crippen LogP contribution is -2.51. The van der Waals surface area contributed by atoms with Crippen LogP contribution >= 0.6 is 0 Å². The lowest BCUT2D eigenvalue weighted by molar-refractivity contribution is -0.131. The van der Waals surface area contributed by atoms with E-state index in [1.165, 1.54) is 77.4 Å². The molecule has 5 heteroatoms. The van der Waals surface area contributed by atoms with Gasteiger partial charge >= 0.3 is 0 Å². The zero-order valence-corrected chi connectivity index (χ0v) is 21.9. The molecule has 6 rings (SSSR count). The molecule has 1 unspecified atom stereocenters. The Bertz CT molecular complexity index is 973. The molecule has 1 aliphatic heterocycles. The molecule has 4 saturated carbocycles. The summed E-state index contributed by atoms with van der Waals surface area (Å²) in [6, 6.07) is 3.82. The monoisotopic (exact) mass is 476 g/mol. The van der Waals surface area contributed by atoms with Gasteiger partial charge in [-0.3, -0.25) is 9.48 Å². The fourth-order valence-corrected chi connectivity index (χ4v) is 10.1. The molecular formula is C30H44N4O. The Morgan fingerprint density at radius 3 is 2.69 bits per heavy atom. The largest absolute Gasteiger partial charge is 0.303 e. The number of nitrogens with zero attached hydrogens (tertiary/aromatic N) is 4. The highest BCUT2D eigenvalue weighted by Gasteiger charge is 2.61. The average molecular weight is 477 g/mol. The van der Waals surface area contributed by atoms with Gasteiger partial charge in [0.25, 0.3) is 0 Å². The first-order chi connectivity index (χ1) is 17.0. The third-order valence-corrected chi connectivity index (χ3v) is 11.5. The summed E-state index contributed by atoms with van der Waals surface area (Å²) in [5.41, 5.74) is 0.530. The van der Waals surface area contributed by atoms with Crippen LogP contribution < -0.4 is 0 Å². The highest BCUT2D eigenvalue weighted by atomic mass is 16.1. The zero-order chi connectivity index (χ0) is 24.2. The van der Waals surface area contributed by atoms with Gasteiger partial charge in [-0.15, -0.1) is 0 Å². The third-order valence-electron chi connectivity index (χ3n) is 11.5. The van der Waals surface area contributed by atoms with E-state index in [4.69, 9.17) is 5.26 Å². The third kappa shape index (κ3) is 4.18. The summed E-state index contributed by atoms with van der Waals surface area (Å²) in [6.45, 7) is 9.00. The van der Waals surface area contributed by atoms with E-state index in [1.807, 2.05) is 0 Å². The number of ketones is 1. The van der Waals surface area contributed by atoms with E-state index in [-0.39, 0.29) is 11.3 Å². The standard InChI is InChI=1S/C30H44N4O/c1-20-5-7-24-21(15-20)6-8-26-25(24)9-11-30(2)27(28(35)19-34-14-10-23(17-31)32-34)16-22(29(26)30)18-33-12-3-4-13-33/h10,14,20-22,24-27,29H,3-9,11-13,15-16,18-19H2,1-2H3/t20-,21+,22-,24-,25?,26+,27+,29-,30+/m0/s1. The summed E-state index contributed by atoms with van der Waals surface area (Å²) in [4.78, 5) is 16.5. The summed E-state index contributed by atoms with van der Waals surface area (Å²) in [5.74, 6) is 6.41. The van der Waals surface area contributed by atoms with Crippen LogP contribution in [0.5, 0.6) is 0 Å². The van der Waals surface area contributed by atoms with E-state index >= 15 is 0 Å². The number of Topliss-reactive ketones (excluding diaryl/α,β-unsaturated/α-hetero) is 1. The van der Waals surface area contributed by atoms with Crippen molar-refractivity contribution in [3.63, 3.8) is 0 Å². The number of carbonyl (C=O) groups is 1. The minimum Gasteiger partial charge on any atom is -0.303 e. The molecule has 5 nitrogen and oxygen atoms in total. The SMILES string of the molecule is C[C@H]1CC[C@@H]2C3CC[C@@]4(C)[C@@H]([C@H](CN5CCCC5)C[C@@H]4C(=O)Cn4ccc(C#N)n4)[C@@H]3CC[C@@H]2C1. The zero-order valence-electron chi connectivity index (χ0n) is 21.9. The molecule has 0 spiro atoms. The Kier molecular flexibility index (Phi) is 6.32. The number of hydrogen-bond acceptors (Lipinski definition) is 4. The van der Waals surface area contributed by atoms with Crippen LogP contribution in [0.2, 0.25) is 0 Å². The second-order valence-corrected chi connectivity index (χ2v) is 13.4. The van der Waals surface area contributed by atoms with E-state index in [0.717, 1.165) is 36.0 Å². The summed E-state index contributed by atoms with van der Waals surface area (Å²) in [7, 11) is 0. The van der Waals surface area contributed by atoms with Gasteiger partial charge in [0.15, 0.2) is 11.5 Å². The second kappa shape index (κ2) is 9.33. The molecule has 1 saturated heterocycles. The first-order valence-corrected chi connectivity index (χ1v) is 14.6. The summed E-state index contributed by atoms with van der Waals surface area (Å²) < 4.78 is 1.70. The normalized spacial score (nSPS) is 43.2. The topological polar surface area (TPSA) is 61.9 Å². The number of hydrogen-bond donors (Lipinski definition) is 0. The molecule has 0 radical (unpaired) electrons. The molecule has 0 aromatic carbocycles. The van der Waals surface area contributed by atoms with Crippen LogP contribution in [0, 0.1) is 64.1 Å². The fourth-order valence-electron chi connectivity index (χ4n) is 10.1. The van der Waals surface area contributed by atoms with Crippen molar-refractivity contribution in [1.29, 1.82) is 5.26 Å². The molecule has 0 bridgehead atoms. The maximum atomic E-state index is 13.8. The van der Waals surface area contributed by atoms with Gasteiger partial charge in [-0.2, -0.15) is 10.4 Å². The van der Waals surface area contributed by atoms with Gasteiger partial charge in [-0.05, 0) is 124 Å². The van der Waals surface area contributed by atoms with Gasteiger partial charge in [-0.1, -0.05) is 20.3 Å². The van der Waals surface area contributed by atoms with Crippen LogP contribution in [-0.2, 0) is 11.3 Å². The predicted molar refractivity (Wildman–Crippen MR) is 136 cm³/mol. The van der Waals surface area contributed by atoms with Crippen molar-refractivity contribution < 1.29 is 4.79 Å². The number of rotatable bonds is 5. The molecular weight excluding hydrogens is 432 g/mol. The van der Waals surface area contributed by atoms with Gasteiger partial charge in [0.1, 0.15) is 6.07 Å². The van der Waals surface area contributed by atoms with Crippen molar-refractivity contribution in [2.24, 2.45) is 52.8 Å². The Labute approximate surface area is 211 Å². The Hall–Kier alpha value is -1.67. The molecule has 1 aromatic rings. The minimum absolute atomic E-state index is 0.128. The maximum Gasteiger partial charge on any atom is 0.162 e. The molecule has 35 heavy (non-hydrogen) atoms. The lowest BCUT2D eigenvalue weighted by Gasteiger charge is -2.57. The van der Waals surface area contributed by atoms with Crippen molar-refractivity contribution in [2.45, 2.75) is 84.6 Å². The molecule has 1 aromatic heterocycles. The van der Waals surface area contributed by atoms with Crippen LogP contribution in [0.15, 0.2) is 12.3 Å². The average Bonchev–Trinajstić information content (AvgIpc) is 3.58. The molecule has 190 valence electrons. The smallest absolute Gasteiger partial charge is 0.162 e. The molecule has 0 amide bonds. The van der Waals surface area contributed by atoms with Crippen LogP contribution in [0.25, 0.3) is 0 Å². The van der Waals surface area contributed by atoms with Crippen LogP contribution in [0.3, 0.4) is 0 Å². The van der Waals surface area contributed by atoms with Gasteiger partial charge in [-0.25, -0.2) is 0 Å². The van der Waals surface area contributed by atoms with E-state index in [9.17, 15) is 4.79 Å². The van der Waals surface area contributed by atoms with E-state index in [1.54, 1.807) is 16.9 Å². The molecule has 4 aliphatic carbocycles. The van der Waals surface area contributed by atoms with Gasteiger partial charge in [0.05, 0.1) is 6.54 Å². The van der Waals surface area contributed by atoms with Crippen molar-refractivity contribution >= 4 is 5.78 Å². The Morgan fingerprint density at radius 1 is 1.11 bits per heavy atom. The van der Waals surface area contributed by atoms with E-state index in [2.05, 4.69) is 29.9 Å². The van der Waals surface area contributed by atoms with Crippen molar-refractivity contribution in [1.82, 2.24) is 14.7 Å². The van der Waals surface area contributed by atoms with Crippen LogP contribution in [0.1, 0.15) is 83.7 Å². The van der Waals surface area contributed by atoms with E-state index in [0.29, 0.717) is 29.9 Å². The molecule has 0 N–H and O–H groups in total. The van der Waals surface area contributed by atoms with Crippen LogP contribution in [-0.4, -0.2) is 40.1 Å². The summed E-state index contributed by atoms with van der Waals surface area (Å²) in [5, 5.41) is 13.5. The van der Waals surface area contributed by atoms with Crippen molar-refractivity contribution in [2.75, 3.05) is 19.6 Å². The first-order valence-electron chi connectivity index (χ1n) is 14.6. The summed E-state index contributed by atoms with van der Waals surface area (Å²) >= 11 is 0. The molecule has 5 fully saturated rings. The Morgan fingerprint density at radius 2 is 1.91 bits per heavy atom. The number of fused-ring (bicyclic) bond motifs is 5. The molecule has 5 aliphatic rings. The van der Waals surface area contributed by atoms with Crippen molar-refractivity contribution in [3.8, 4) is 6.07 Å². The lowest BCUT2D eigenvalue weighted by atomic mass is 9.48. The number of carbonyl (C=O) groups excluding carboxylic acids is 1. The molecule has 2 heterocycles. The van der Waals surface area contributed by atoms with Gasteiger partial charge in [0, 0.05) is 18.7 Å². The quantitative estimate of drug-likeness (QED) is 0.559. The Balaban J connectivity index is 1.26. The fraction of sp³-hybridized carbons (Fsp3) is 0.833. The first kappa shape index (κ1) is 23.7. The number of nitriles is 1. The van der Waals surface area contributed by atoms with Crippen molar-refractivity contribution in [3.05, 3.63) is 18.0 Å². The molecule has 9 atom stereocenters. The highest BCUT2D eigenvalue weighted by Crippen LogP contribution is 2.66.